The zero-order chi connectivity index (χ0) is 24.2. The van der Waals surface area contributed by atoms with Crippen LogP contribution in [0.15, 0.2) is 36.4 Å². The van der Waals surface area contributed by atoms with E-state index in [1.165, 1.54) is 24.3 Å². The third-order valence-electron chi connectivity index (χ3n) is 6.34. The molecule has 2 N–H and O–H groups in total. The number of amides is 1. The summed E-state index contributed by atoms with van der Waals surface area (Å²) in [6.07, 6.45) is 2.03. The molecule has 1 amide bonds. The average Bonchev–Trinajstić information content (AvgIpc) is 2.81. The summed E-state index contributed by atoms with van der Waals surface area (Å²) in [7, 11) is 0. The molecule has 0 aromatic heterocycles. The molecule has 3 aliphatic rings. The van der Waals surface area contributed by atoms with Crippen LogP contribution in [0.3, 0.4) is 0 Å². The second-order valence-electron chi connectivity index (χ2n) is 8.76. The first-order valence-electron chi connectivity index (χ1n) is 11.2. The first-order valence-corrected chi connectivity index (χ1v) is 11.9. The second kappa shape index (κ2) is 11.1. The fraction of sp³-hybridized carbons (Fsp3) is 0.458. The molecule has 2 bridgehead atoms. The number of nitrogens with zero attached hydrogens (tertiary/aromatic N) is 1. The van der Waals surface area contributed by atoms with Crippen molar-refractivity contribution in [2.45, 2.75) is 37.5 Å². The number of hydrogen-bond donors (Lipinski definition) is 2. The molecule has 6 nitrogen and oxygen atoms in total. The van der Waals surface area contributed by atoms with Gasteiger partial charge >= 0.3 is 0 Å². The Morgan fingerprint density at radius 3 is 2.32 bits per heavy atom. The van der Waals surface area contributed by atoms with E-state index in [-0.39, 0.29) is 52.9 Å². The average molecular weight is 515 g/mol. The fourth-order valence-electron chi connectivity index (χ4n) is 4.66. The Labute approximate surface area is 206 Å². The lowest BCUT2D eigenvalue weighted by atomic mass is 9.76. The van der Waals surface area contributed by atoms with E-state index >= 15 is 0 Å². The van der Waals surface area contributed by atoms with Crippen LogP contribution in [0.2, 0.25) is 10.0 Å². The first-order chi connectivity index (χ1) is 16.3. The van der Waals surface area contributed by atoms with Crippen LogP contribution in [0, 0.1) is 17.6 Å². The number of ether oxygens (including phenoxy) is 2. The van der Waals surface area contributed by atoms with Gasteiger partial charge in [0.05, 0.1) is 10.0 Å². The highest BCUT2D eigenvalue weighted by Gasteiger charge is 2.41. The Balaban J connectivity index is 1.21. The summed E-state index contributed by atoms with van der Waals surface area (Å²) in [5.41, 5.74) is 0. The summed E-state index contributed by atoms with van der Waals surface area (Å²) in [5.74, 6) is -0.611. The van der Waals surface area contributed by atoms with Gasteiger partial charge in [-0.25, -0.2) is 8.78 Å². The highest BCUT2D eigenvalue weighted by Crippen LogP contribution is 2.35. The Kier molecular flexibility index (Phi) is 8.14. The van der Waals surface area contributed by atoms with E-state index in [1.54, 1.807) is 6.07 Å². The van der Waals surface area contributed by atoms with Crippen molar-refractivity contribution in [1.82, 2.24) is 10.2 Å². The SMILES string of the molecule is O=C(COc1ccc(Cl)c(F)c1)NC1CC2CCC1CN2CC(O)COc1ccc(Cl)c(F)c1. The number of carbonyl (C=O) groups excluding carboxylic acids is 1. The number of halogens is 4. The van der Waals surface area contributed by atoms with E-state index in [4.69, 9.17) is 32.7 Å². The lowest BCUT2D eigenvalue weighted by Crippen LogP contribution is -2.60. The monoisotopic (exact) mass is 514 g/mol. The van der Waals surface area contributed by atoms with E-state index in [1.807, 2.05) is 0 Å². The quantitative estimate of drug-likeness (QED) is 0.528. The molecule has 3 fully saturated rings. The smallest absolute Gasteiger partial charge is 0.258 e. The summed E-state index contributed by atoms with van der Waals surface area (Å²) in [6, 6.07) is 8.47. The van der Waals surface area contributed by atoms with E-state index in [0.717, 1.165) is 31.9 Å². The summed E-state index contributed by atoms with van der Waals surface area (Å²) < 4.78 is 37.9. The topological polar surface area (TPSA) is 71.0 Å². The molecule has 184 valence electrons. The molecule has 2 heterocycles. The molecule has 1 aliphatic carbocycles. The summed E-state index contributed by atoms with van der Waals surface area (Å²) >= 11 is 11.3. The van der Waals surface area contributed by atoms with Crippen LogP contribution in [0.5, 0.6) is 11.5 Å². The van der Waals surface area contributed by atoms with Gasteiger partial charge in [0.2, 0.25) is 0 Å². The maximum absolute atomic E-state index is 13.5. The maximum Gasteiger partial charge on any atom is 0.258 e. The minimum absolute atomic E-state index is 0.00450. The van der Waals surface area contributed by atoms with Gasteiger partial charge in [0, 0.05) is 37.3 Å². The minimum Gasteiger partial charge on any atom is -0.491 e. The summed E-state index contributed by atoms with van der Waals surface area (Å²) in [4.78, 5) is 14.6. The van der Waals surface area contributed by atoms with E-state index in [2.05, 4.69) is 10.2 Å². The molecule has 2 aliphatic heterocycles. The van der Waals surface area contributed by atoms with Crippen molar-refractivity contribution in [1.29, 1.82) is 0 Å². The highest BCUT2D eigenvalue weighted by molar-refractivity contribution is 6.31. The molecule has 4 unspecified atom stereocenters. The number of piperidine rings is 2. The molecule has 0 radical (unpaired) electrons. The minimum atomic E-state index is -0.737. The van der Waals surface area contributed by atoms with Gasteiger partial charge in [0.1, 0.15) is 35.8 Å². The third-order valence-corrected chi connectivity index (χ3v) is 6.95. The number of benzene rings is 2. The van der Waals surface area contributed by atoms with Gasteiger partial charge in [0.25, 0.3) is 5.91 Å². The van der Waals surface area contributed by atoms with Crippen LogP contribution >= 0.6 is 23.2 Å². The summed E-state index contributed by atoms with van der Waals surface area (Å²) in [5, 5.41) is 13.5. The molecular weight excluding hydrogens is 489 g/mol. The van der Waals surface area contributed by atoms with Crippen molar-refractivity contribution in [2.24, 2.45) is 5.92 Å². The molecule has 2 aromatic rings. The number of fused-ring (bicyclic) bond motifs is 3. The first kappa shape index (κ1) is 25.0. The van der Waals surface area contributed by atoms with E-state index in [0.29, 0.717) is 12.3 Å². The standard InChI is InChI=1S/C24H26Cl2F2N2O4/c25-19-5-3-17(8-21(19)27)33-12-16(31)11-30-10-14-1-2-15(30)7-23(14)29-24(32)13-34-18-4-6-20(26)22(28)9-18/h3-6,8-9,14-16,23,31H,1-2,7,10-13H2,(H,29,32). The van der Waals surface area contributed by atoms with Gasteiger partial charge in [0.15, 0.2) is 6.61 Å². The van der Waals surface area contributed by atoms with Gasteiger partial charge in [-0.15, -0.1) is 0 Å². The molecule has 4 atom stereocenters. The molecule has 10 heteroatoms. The number of rotatable bonds is 9. The van der Waals surface area contributed by atoms with Crippen LogP contribution in [0.4, 0.5) is 8.78 Å². The predicted octanol–water partition coefficient (Wildman–Crippen LogP) is 4.06. The van der Waals surface area contributed by atoms with Gasteiger partial charge < -0.3 is 19.9 Å². The molecule has 0 spiro atoms. The summed E-state index contributed by atoms with van der Waals surface area (Å²) in [6.45, 7) is 1.02. The Morgan fingerprint density at radius 1 is 1.09 bits per heavy atom. The van der Waals surface area contributed by atoms with Crippen LogP contribution in [0.25, 0.3) is 0 Å². The zero-order valence-electron chi connectivity index (χ0n) is 18.4. The lowest BCUT2D eigenvalue weighted by Gasteiger charge is -2.50. The second-order valence-corrected chi connectivity index (χ2v) is 9.57. The van der Waals surface area contributed by atoms with Crippen molar-refractivity contribution < 1.29 is 28.2 Å². The number of hydrogen-bond acceptors (Lipinski definition) is 5. The lowest BCUT2D eigenvalue weighted by molar-refractivity contribution is -0.125. The van der Waals surface area contributed by atoms with Crippen molar-refractivity contribution in [3.05, 3.63) is 58.1 Å². The fourth-order valence-corrected chi connectivity index (χ4v) is 4.89. The van der Waals surface area contributed by atoms with Gasteiger partial charge in [-0.05, 0) is 49.4 Å². The predicted molar refractivity (Wildman–Crippen MR) is 124 cm³/mol. The van der Waals surface area contributed by atoms with Gasteiger partial charge in [-0.2, -0.15) is 0 Å². The number of aliphatic hydroxyl groups excluding tert-OH is 1. The van der Waals surface area contributed by atoms with Crippen molar-refractivity contribution in [3.8, 4) is 11.5 Å². The molecule has 34 heavy (non-hydrogen) atoms. The molecule has 2 aromatic carbocycles. The molecular formula is C24H26Cl2F2N2O4. The Hall–Kier alpha value is -2.13. The highest BCUT2D eigenvalue weighted by atomic mass is 35.5. The van der Waals surface area contributed by atoms with E-state index < -0.39 is 17.7 Å². The number of carbonyl (C=O) groups is 1. The largest absolute Gasteiger partial charge is 0.491 e. The Morgan fingerprint density at radius 2 is 1.74 bits per heavy atom. The van der Waals surface area contributed by atoms with Crippen LogP contribution in [0.1, 0.15) is 19.3 Å². The van der Waals surface area contributed by atoms with Crippen molar-refractivity contribution >= 4 is 29.1 Å². The van der Waals surface area contributed by atoms with Crippen LogP contribution < -0.4 is 14.8 Å². The molecule has 1 saturated carbocycles. The zero-order valence-corrected chi connectivity index (χ0v) is 19.9. The Bertz CT molecular complexity index is 1030. The number of aliphatic hydroxyl groups is 1. The van der Waals surface area contributed by atoms with Gasteiger partial charge in [-0.3, -0.25) is 9.69 Å². The third kappa shape index (κ3) is 6.30. The van der Waals surface area contributed by atoms with Crippen LogP contribution in [-0.4, -0.2) is 60.4 Å². The van der Waals surface area contributed by atoms with Crippen molar-refractivity contribution in [3.63, 3.8) is 0 Å². The van der Waals surface area contributed by atoms with E-state index in [9.17, 15) is 18.7 Å². The molecule has 2 saturated heterocycles. The van der Waals surface area contributed by atoms with Crippen LogP contribution in [-0.2, 0) is 4.79 Å². The van der Waals surface area contributed by atoms with Gasteiger partial charge in [-0.1, -0.05) is 23.2 Å². The normalized spacial score (nSPS) is 22.9. The molecule has 5 rings (SSSR count). The number of nitrogens with one attached hydrogen (secondary N) is 1. The maximum atomic E-state index is 13.5. The van der Waals surface area contributed by atoms with Crippen molar-refractivity contribution in [2.75, 3.05) is 26.3 Å².